The third kappa shape index (κ3) is 3.31. The average molecular weight is 340 g/mol. The van der Waals surface area contributed by atoms with Gasteiger partial charge in [0.1, 0.15) is 5.84 Å². The fourth-order valence-corrected chi connectivity index (χ4v) is 3.32. The highest BCUT2D eigenvalue weighted by molar-refractivity contribution is 6.15. The van der Waals surface area contributed by atoms with Crippen LogP contribution in [0.25, 0.3) is 33.7 Å². The molecular formula is C24H24N2. The number of aliphatic imine (C=N–C) groups is 1. The van der Waals surface area contributed by atoms with Gasteiger partial charge in [-0.05, 0) is 65.6 Å². The van der Waals surface area contributed by atoms with Crippen LogP contribution in [0, 0.1) is 0 Å². The largest absolute Gasteiger partial charge is 0.344 e. The summed E-state index contributed by atoms with van der Waals surface area (Å²) in [7, 11) is 0. The van der Waals surface area contributed by atoms with Gasteiger partial charge in [0.25, 0.3) is 0 Å². The van der Waals surface area contributed by atoms with E-state index in [0.717, 1.165) is 11.5 Å². The Balaban J connectivity index is 2.29. The van der Waals surface area contributed by atoms with Crippen molar-refractivity contribution >= 4 is 45.2 Å². The van der Waals surface area contributed by atoms with Crippen LogP contribution in [0.1, 0.15) is 31.9 Å². The molecule has 0 fully saturated rings. The quantitative estimate of drug-likeness (QED) is 0.307. The van der Waals surface area contributed by atoms with E-state index >= 15 is 0 Å². The number of allylic oxidation sites excluding steroid dienone is 2. The second-order valence-corrected chi connectivity index (χ2v) is 6.16. The van der Waals surface area contributed by atoms with E-state index in [9.17, 15) is 0 Å². The van der Waals surface area contributed by atoms with E-state index in [2.05, 4.69) is 71.5 Å². The van der Waals surface area contributed by atoms with Crippen LogP contribution in [0.3, 0.4) is 0 Å². The summed E-state index contributed by atoms with van der Waals surface area (Å²) < 4.78 is 0. The molecule has 0 aliphatic rings. The Kier molecular flexibility index (Phi) is 5.33. The SMILES string of the molecule is C=Cc1c(/C=C\C)c2cc(NC(C)=N/C=C\C)ccc2c2ccccc12. The van der Waals surface area contributed by atoms with Crippen molar-refractivity contribution in [1.82, 2.24) is 0 Å². The highest BCUT2D eigenvalue weighted by Gasteiger charge is 2.11. The van der Waals surface area contributed by atoms with Gasteiger partial charge in [-0.25, -0.2) is 4.99 Å². The van der Waals surface area contributed by atoms with Crippen molar-refractivity contribution in [3.05, 3.63) is 78.5 Å². The molecule has 0 spiro atoms. The molecule has 2 nitrogen and oxygen atoms in total. The minimum absolute atomic E-state index is 0.861. The van der Waals surface area contributed by atoms with Crippen molar-refractivity contribution < 1.29 is 0 Å². The Hall–Kier alpha value is -3.13. The number of rotatable bonds is 4. The lowest BCUT2D eigenvalue weighted by Gasteiger charge is -2.15. The summed E-state index contributed by atoms with van der Waals surface area (Å²) in [5.74, 6) is 0.861. The van der Waals surface area contributed by atoms with Crippen molar-refractivity contribution in [3.63, 3.8) is 0 Å². The predicted octanol–water partition coefficient (Wildman–Crippen LogP) is 7.03. The van der Waals surface area contributed by atoms with Crippen molar-refractivity contribution in [1.29, 1.82) is 0 Å². The Morgan fingerprint density at radius 3 is 2.35 bits per heavy atom. The van der Waals surface area contributed by atoms with Crippen LogP contribution in [-0.2, 0) is 0 Å². The van der Waals surface area contributed by atoms with Crippen LogP contribution in [-0.4, -0.2) is 5.84 Å². The van der Waals surface area contributed by atoms with E-state index < -0.39 is 0 Å². The molecule has 0 heterocycles. The molecule has 0 aliphatic carbocycles. The molecule has 0 unspecified atom stereocenters. The number of hydrogen-bond donors (Lipinski definition) is 1. The van der Waals surface area contributed by atoms with Crippen molar-refractivity contribution in [2.45, 2.75) is 20.8 Å². The smallest absolute Gasteiger partial charge is 0.103 e. The summed E-state index contributed by atoms with van der Waals surface area (Å²) in [5.41, 5.74) is 3.39. The number of fused-ring (bicyclic) bond motifs is 3. The first-order valence-electron chi connectivity index (χ1n) is 8.85. The Morgan fingerprint density at radius 2 is 1.65 bits per heavy atom. The van der Waals surface area contributed by atoms with E-state index in [4.69, 9.17) is 0 Å². The van der Waals surface area contributed by atoms with Gasteiger partial charge in [-0.15, -0.1) is 0 Å². The highest BCUT2D eigenvalue weighted by atomic mass is 15.0. The van der Waals surface area contributed by atoms with E-state index in [0.29, 0.717) is 0 Å². The minimum atomic E-state index is 0.861. The molecule has 0 amide bonds. The molecule has 0 atom stereocenters. The molecule has 0 aliphatic heterocycles. The number of hydrogen-bond acceptors (Lipinski definition) is 1. The van der Waals surface area contributed by atoms with Gasteiger partial charge in [-0.2, -0.15) is 0 Å². The lowest BCUT2D eigenvalue weighted by molar-refractivity contribution is 1.47. The van der Waals surface area contributed by atoms with Gasteiger partial charge in [-0.3, -0.25) is 0 Å². The van der Waals surface area contributed by atoms with E-state index in [1.54, 1.807) is 6.20 Å². The van der Waals surface area contributed by atoms with Gasteiger partial charge in [0.2, 0.25) is 0 Å². The summed E-state index contributed by atoms with van der Waals surface area (Å²) in [6.07, 6.45) is 9.90. The number of nitrogens with one attached hydrogen (secondary N) is 1. The predicted molar refractivity (Wildman–Crippen MR) is 118 cm³/mol. The van der Waals surface area contributed by atoms with Crippen molar-refractivity contribution in [2.75, 3.05) is 5.32 Å². The summed E-state index contributed by atoms with van der Waals surface area (Å²) in [5, 5.41) is 8.30. The molecule has 2 heteroatoms. The second kappa shape index (κ2) is 7.83. The number of nitrogens with zero attached hydrogens (tertiary/aromatic N) is 1. The fraction of sp³-hybridized carbons (Fsp3) is 0.125. The zero-order valence-corrected chi connectivity index (χ0v) is 15.6. The van der Waals surface area contributed by atoms with Gasteiger partial charge in [0.15, 0.2) is 0 Å². The Morgan fingerprint density at radius 1 is 0.923 bits per heavy atom. The third-order valence-electron chi connectivity index (χ3n) is 4.39. The van der Waals surface area contributed by atoms with E-state index in [1.807, 2.05) is 32.9 Å². The Bertz CT molecular complexity index is 1050. The van der Waals surface area contributed by atoms with Gasteiger partial charge < -0.3 is 5.32 Å². The maximum Gasteiger partial charge on any atom is 0.103 e. The highest BCUT2D eigenvalue weighted by Crippen LogP contribution is 2.35. The normalized spacial score (nSPS) is 12.5. The maximum absolute atomic E-state index is 4.36. The first-order chi connectivity index (χ1) is 12.7. The first kappa shape index (κ1) is 17.7. The Labute approximate surface area is 155 Å². The molecule has 3 aromatic carbocycles. The summed E-state index contributed by atoms with van der Waals surface area (Å²) >= 11 is 0. The molecule has 3 rings (SSSR count). The molecule has 130 valence electrons. The third-order valence-corrected chi connectivity index (χ3v) is 4.39. The van der Waals surface area contributed by atoms with Gasteiger partial charge >= 0.3 is 0 Å². The molecule has 0 bridgehead atoms. The van der Waals surface area contributed by atoms with Crippen LogP contribution in [0.4, 0.5) is 5.69 Å². The number of amidine groups is 1. The topological polar surface area (TPSA) is 24.4 Å². The molecule has 1 N–H and O–H groups in total. The molecule has 0 aromatic heterocycles. The fourth-order valence-electron chi connectivity index (χ4n) is 3.32. The van der Waals surface area contributed by atoms with Gasteiger partial charge in [0, 0.05) is 11.9 Å². The van der Waals surface area contributed by atoms with Gasteiger partial charge in [0.05, 0.1) is 0 Å². The molecule has 3 aromatic rings. The van der Waals surface area contributed by atoms with Crippen LogP contribution in [0.5, 0.6) is 0 Å². The molecule has 26 heavy (non-hydrogen) atoms. The number of benzene rings is 3. The molecule has 0 saturated heterocycles. The van der Waals surface area contributed by atoms with E-state index in [-0.39, 0.29) is 0 Å². The zero-order valence-electron chi connectivity index (χ0n) is 15.6. The maximum atomic E-state index is 4.36. The van der Waals surface area contributed by atoms with Crippen LogP contribution < -0.4 is 5.32 Å². The summed E-state index contributed by atoms with van der Waals surface area (Å²) in [4.78, 5) is 4.36. The first-order valence-corrected chi connectivity index (χ1v) is 8.85. The lowest BCUT2D eigenvalue weighted by Crippen LogP contribution is -2.06. The molecule has 0 radical (unpaired) electrons. The van der Waals surface area contributed by atoms with Crippen molar-refractivity contribution in [3.8, 4) is 0 Å². The zero-order chi connectivity index (χ0) is 18.5. The lowest BCUT2D eigenvalue weighted by atomic mass is 9.91. The number of anilines is 1. The standard InChI is InChI=1S/C24H24N2/c1-5-10-20-19(7-3)21-11-8-9-12-22(21)23-14-13-18(16-24(20)23)26-17(4)25-15-6-2/h5-16H,3H2,1-2,4H3,(H,25,26)/b10-5-,15-6-. The summed E-state index contributed by atoms with van der Waals surface area (Å²) in [6, 6.07) is 15.0. The summed E-state index contributed by atoms with van der Waals surface area (Å²) in [6.45, 7) is 10.0. The van der Waals surface area contributed by atoms with Crippen LogP contribution in [0.2, 0.25) is 0 Å². The minimum Gasteiger partial charge on any atom is -0.344 e. The van der Waals surface area contributed by atoms with Crippen LogP contribution >= 0.6 is 0 Å². The van der Waals surface area contributed by atoms with E-state index in [1.165, 1.54) is 32.7 Å². The average Bonchev–Trinajstić information content (AvgIpc) is 2.66. The van der Waals surface area contributed by atoms with Crippen molar-refractivity contribution in [2.24, 2.45) is 4.99 Å². The molecule has 0 saturated carbocycles. The van der Waals surface area contributed by atoms with Crippen LogP contribution in [0.15, 0.2) is 72.4 Å². The molecular weight excluding hydrogens is 316 g/mol. The monoisotopic (exact) mass is 340 g/mol. The second-order valence-electron chi connectivity index (χ2n) is 6.16. The van der Waals surface area contributed by atoms with Gasteiger partial charge in [-0.1, -0.05) is 61.2 Å².